The van der Waals surface area contributed by atoms with Crippen molar-refractivity contribution in [2.45, 2.75) is 38.6 Å². The number of carbonyl (C=O) groups excluding carboxylic acids is 1. The lowest BCUT2D eigenvalue weighted by Crippen LogP contribution is -2.50. The summed E-state index contributed by atoms with van der Waals surface area (Å²) in [5.74, 6) is 0.804. The number of likely N-dealkylation sites (N-methyl/N-ethyl adjacent to an activating group) is 1. The molecular formula is C21H34FN5O. The molecule has 7 heteroatoms. The van der Waals surface area contributed by atoms with Gasteiger partial charge >= 0.3 is 0 Å². The highest BCUT2D eigenvalue weighted by Gasteiger charge is 2.21. The lowest BCUT2D eigenvalue weighted by molar-refractivity contribution is -0.130. The van der Waals surface area contributed by atoms with Crippen molar-refractivity contribution in [2.24, 2.45) is 4.99 Å². The Labute approximate surface area is 168 Å². The van der Waals surface area contributed by atoms with Crippen molar-refractivity contribution in [1.29, 1.82) is 0 Å². The molecule has 0 spiro atoms. The van der Waals surface area contributed by atoms with Crippen LogP contribution in [0, 0.1) is 5.82 Å². The molecule has 0 aliphatic carbocycles. The van der Waals surface area contributed by atoms with Gasteiger partial charge in [-0.3, -0.25) is 14.7 Å². The van der Waals surface area contributed by atoms with Crippen molar-refractivity contribution in [3.8, 4) is 0 Å². The first-order valence-corrected chi connectivity index (χ1v) is 10.2. The summed E-state index contributed by atoms with van der Waals surface area (Å²) in [7, 11) is 3.59. The van der Waals surface area contributed by atoms with E-state index < -0.39 is 0 Å². The third-order valence-electron chi connectivity index (χ3n) is 4.91. The number of likely N-dealkylation sites (tertiary alicyclic amines) is 1. The van der Waals surface area contributed by atoms with Gasteiger partial charge in [0.05, 0.1) is 6.54 Å². The van der Waals surface area contributed by atoms with Crippen LogP contribution < -0.4 is 10.6 Å². The topological polar surface area (TPSA) is 60.0 Å². The number of nitrogens with zero attached hydrogens (tertiary/aromatic N) is 3. The van der Waals surface area contributed by atoms with Crippen molar-refractivity contribution in [3.63, 3.8) is 0 Å². The third-order valence-corrected chi connectivity index (χ3v) is 4.91. The van der Waals surface area contributed by atoms with E-state index in [-0.39, 0.29) is 11.7 Å². The van der Waals surface area contributed by atoms with Crippen LogP contribution in [0.4, 0.5) is 4.39 Å². The number of halogens is 1. The molecule has 28 heavy (non-hydrogen) atoms. The molecule has 1 heterocycles. The highest BCUT2D eigenvalue weighted by molar-refractivity contribution is 5.80. The average molecular weight is 392 g/mol. The molecule has 0 bridgehead atoms. The number of rotatable bonds is 8. The fourth-order valence-electron chi connectivity index (χ4n) is 3.25. The van der Waals surface area contributed by atoms with E-state index in [9.17, 15) is 9.18 Å². The predicted octanol–water partition coefficient (Wildman–Crippen LogP) is 1.87. The van der Waals surface area contributed by atoms with Crippen molar-refractivity contribution in [1.82, 2.24) is 20.4 Å². The molecule has 156 valence electrons. The van der Waals surface area contributed by atoms with Gasteiger partial charge in [0.15, 0.2) is 5.96 Å². The molecule has 2 rings (SSSR count). The van der Waals surface area contributed by atoms with Gasteiger partial charge in [-0.2, -0.15) is 0 Å². The monoisotopic (exact) mass is 391 g/mol. The number of hydrogen-bond acceptors (Lipinski definition) is 3. The largest absolute Gasteiger partial charge is 0.357 e. The third kappa shape index (κ3) is 7.84. The van der Waals surface area contributed by atoms with Crippen LogP contribution in [-0.2, 0) is 11.2 Å². The summed E-state index contributed by atoms with van der Waals surface area (Å²) >= 11 is 0. The van der Waals surface area contributed by atoms with E-state index in [1.54, 1.807) is 31.1 Å². The van der Waals surface area contributed by atoms with Crippen LogP contribution in [-0.4, -0.2) is 74.5 Å². The van der Waals surface area contributed by atoms with Gasteiger partial charge in [-0.25, -0.2) is 4.39 Å². The molecule has 1 saturated heterocycles. The molecule has 2 N–H and O–H groups in total. The standard InChI is InChI=1S/C21H34FN5O/c1-4-23-21(24-12-6-8-17-7-5-9-18(22)15-17)25-19-10-13-27(14-11-19)16-20(28)26(2)3/h5,7,9,15,19H,4,6,8,10-14,16H2,1-3H3,(H2,23,24,25). The highest BCUT2D eigenvalue weighted by atomic mass is 19.1. The number of aryl methyl sites for hydroxylation is 1. The lowest BCUT2D eigenvalue weighted by atomic mass is 10.1. The number of nitrogens with one attached hydrogen (secondary N) is 2. The second kappa shape index (κ2) is 11.6. The van der Waals surface area contributed by atoms with E-state index >= 15 is 0 Å². The van der Waals surface area contributed by atoms with Crippen molar-refractivity contribution >= 4 is 11.9 Å². The zero-order valence-corrected chi connectivity index (χ0v) is 17.4. The summed E-state index contributed by atoms with van der Waals surface area (Å²) in [4.78, 5) is 20.4. The summed E-state index contributed by atoms with van der Waals surface area (Å²) in [5.41, 5.74) is 1.01. The number of hydrogen-bond donors (Lipinski definition) is 2. The summed E-state index contributed by atoms with van der Waals surface area (Å²) in [5, 5.41) is 6.82. The molecular weight excluding hydrogens is 357 g/mol. The summed E-state index contributed by atoms with van der Waals surface area (Å²) in [6, 6.07) is 7.12. The maximum atomic E-state index is 13.2. The van der Waals surface area contributed by atoms with Gasteiger partial charge in [0, 0.05) is 46.3 Å². The second-order valence-electron chi connectivity index (χ2n) is 7.48. The Kier molecular flexibility index (Phi) is 9.20. The number of carbonyl (C=O) groups is 1. The fraction of sp³-hybridized carbons (Fsp3) is 0.619. The van der Waals surface area contributed by atoms with E-state index in [1.165, 1.54) is 6.07 Å². The minimum atomic E-state index is -0.186. The summed E-state index contributed by atoms with van der Waals surface area (Å²) in [6.07, 6.45) is 3.69. The van der Waals surface area contributed by atoms with Gasteiger partial charge in [0.25, 0.3) is 0 Å². The number of guanidine groups is 1. The van der Waals surface area contributed by atoms with Gasteiger partial charge in [-0.1, -0.05) is 12.1 Å². The minimum absolute atomic E-state index is 0.152. The molecule has 0 atom stereocenters. The summed E-state index contributed by atoms with van der Waals surface area (Å²) in [6.45, 7) is 5.88. The van der Waals surface area contributed by atoms with E-state index in [2.05, 4.69) is 27.4 Å². The number of amides is 1. The van der Waals surface area contributed by atoms with Crippen molar-refractivity contribution in [2.75, 3.05) is 46.8 Å². The normalized spacial score (nSPS) is 16.1. The maximum absolute atomic E-state index is 13.2. The predicted molar refractivity (Wildman–Crippen MR) is 112 cm³/mol. The molecule has 0 unspecified atom stereocenters. The molecule has 1 fully saturated rings. The Balaban J connectivity index is 1.74. The van der Waals surface area contributed by atoms with Crippen molar-refractivity contribution < 1.29 is 9.18 Å². The van der Waals surface area contributed by atoms with E-state index in [0.717, 1.165) is 56.8 Å². The van der Waals surface area contributed by atoms with Gasteiger partial charge in [-0.15, -0.1) is 0 Å². The molecule has 0 radical (unpaired) electrons. The van der Waals surface area contributed by atoms with E-state index in [0.29, 0.717) is 19.1 Å². The Hall–Kier alpha value is -2.15. The van der Waals surface area contributed by atoms with Gasteiger partial charge in [0.2, 0.25) is 5.91 Å². The molecule has 1 amide bonds. The van der Waals surface area contributed by atoms with Crippen molar-refractivity contribution in [3.05, 3.63) is 35.6 Å². The first kappa shape index (κ1) is 22.1. The Bertz CT molecular complexity index is 641. The van der Waals surface area contributed by atoms with Crippen LogP contribution in [0.5, 0.6) is 0 Å². The molecule has 0 aromatic heterocycles. The van der Waals surface area contributed by atoms with E-state index in [4.69, 9.17) is 0 Å². The zero-order valence-electron chi connectivity index (χ0n) is 17.4. The summed E-state index contributed by atoms with van der Waals surface area (Å²) < 4.78 is 13.2. The maximum Gasteiger partial charge on any atom is 0.236 e. The zero-order chi connectivity index (χ0) is 20.4. The van der Waals surface area contributed by atoms with Gasteiger partial charge < -0.3 is 15.5 Å². The minimum Gasteiger partial charge on any atom is -0.357 e. The lowest BCUT2D eigenvalue weighted by Gasteiger charge is -2.33. The van der Waals surface area contributed by atoms with Gasteiger partial charge in [0.1, 0.15) is 5.82 Å². The van der Waals surface area contributed by atoms with Crippen LogP contribution in [0.2, 0.25) is 0 Å². The fourth-order valence-corrected chi connectivity index (χ4v) is 3.25. The highest BCUT2D eigenvalue weighted by Crippen LogP contribution is 2.10. The number of aliphatic imine (C=N–C) groups is 1. The quantitative estimate of drug-likeness (QED) is 0.404. The smallest absolute Gasteiger partial charge is 0.236 e. The Morgan fingerprint density at radius 1 is 1.32 bits per heavy atom. The van der Waals surface area contributed by atoms with Crippen LogP contribution in [0.25, 0.3) is 0 Å². The van der Waals surface area contributed by atoms with Gasteiger partial charge in [-0.05, 0) is 50.3 Å². The molecule has 1 aromatic carbocycles. The van der Waals surface area contributed by atoms with Crippen LogP contribution in [0.3, 0.4) is 0 Å². The van der Waals surface area contributed by atoms with Crippen LogP contribution in [0.1, 0.15) is 31.7 Å². The first-order chi connectivity index (χ1) is 13.5. The number of benzene rings is 1. The number of piperidine rings is 1. The molecule has 6 nitrogen and oxygen atoms in total. The SMILES string of the molecule is CCNC(=NCCCc1cccc(F)c1)NC1CCN(CC(=O)N(C)C)CC1. The Morgan fingerprint density at radius 2 is 2.07 bits per heavy atom. The molecule has 0 saturated carbocycles. The Morgan fingerprint density at radius 3 is 2.71 bits per heavy atom. The van der Waals surface area contributed by atoms with E-state index in [1.807, 2.05) is 6.07 Å². The van der Waals surface area contributed by atoms with Crippen LogP contribution in [0.15, 0.2) is 29.3 Å². The van der Waals surface area contributed by atoms with Crippen LogP contribution >= 0.6 is 0 Å². The molecule has 1 aliphatic rings. The second-order valence-corrected chi connectivity index (χ2v) is 7.48. The average Bonchev–Trinajstić information content (AvgIpc) is 2.67. The molecule has 1 aliphatic heterocycles. The molecule has 1 aromatic rings. The first-order valence-electron chi connectivity index (χ1n) is 10.2.